The fourth-order valence-electron chi connectivity index (χ4n) is 2.75. The lowest BCUT2D eigenvalue weighted by Gasteiger charge is -2.21. The first-order chi connectivity index (χ1) is 10.2. The van der Waals surface area contributed by atoms with E-state index in [0.717, 1.165) is 12.4 Å². The van der Waals surface area contributed by atoms with E-state index in [-0.39, 0.29) is 0 Å². The van der Waals surface area contributed by atoms with Crippen LogP contribution in [0.25, 0.3) is 0 Å². The first kappa shape index (κ1) is 13.7. The molecule has 0 saturated carbocycles. The van der Waals surface area contributed by atoms with Gasteiger partial charge in [0.05, 0.1) is 0 Å². The van der Waals surface area contributed by atoms with Gasteiger partial charge in [-0.3, -0.25) is 0 Å². The van der Waals surface area contributed by atoms with E-state index < -0.39 is 0 Å². The van der Waals surface area contributed by atoms with E-state index in [2.05, 4.69) is 44.0 Å². The highest BCUT2D eigenvalue weighted by Gasteiger charge is 2.13. The van der Waals surface area contributed by atoms with Gasteiger partial charge in [-0.05, 0) is 30.5 Å². The van der Waals surface area contributed by atoms with Crippen LogP contribution in [-0.2, 0) is 6.54 Å². The third kappa shape index (κ3) is 3.24. The second kappa shape index (κ2) is 5.99. The number of anilines is 3. The van der Waals surface area contributed by atoms with E-state index >= 15 is 0 Å². The summed E-state index contributed by atoms with van der Waals surface area (Å²) in [5, 5.41) is 0. The van der Waals surface area contributed by atoms with E-state index in [0.29, 0.717) is 5.82 Å². The molecule has 0 unspecified atom stereocenters. The number of rotatable bonds is 4. The van der Waals surface area contributed by atoms with E-state index in [1.165, 1.54) is 43.5 Å². The first-order valence-electron chi connectivity index (χ1n) is 7.35. The molecule has 1 aliphatic rings. The summed E-state index contributed by atoms with van der Waals surface area (Å²) in [5.41, 5.74) is 8.31. The van der Waals surface area contributed by atoms with Crippen molar-refractivity contribution in [3.63, 3.8) is 0 Å². The molecule has 1 saturated heterocycles. The molecule has 2 heterocycles. The van der Waals surface area contributed by atoms with Gasteiger partial charge in [-0.15, -0.1) is 0 Å². The SMILES string of the molecule is CN(Cc1cccc(N2CCCC2)c1)c1cc(N)ncn1. The molecule has 5 nitrogen and oxygen atoms in total. The third-order valence-electron chi connectivity index (χ3n) is 3.87. The monoisotopic (exact) mass is 283 g/mol. The summed E-state index contributed by atoms with van der Waals surface area (Å²) in [7, 11) is 2.02. The molecule has 110 valence electrons. The van der Waals surface area contributed by atoms with Gasteiger partial charge < -0.3 is 15.5 Å². The van der Waals surface area contributed by atoms with Crippen molar-refractivity contribution in [2.45, 2.75) is 19.4 Å². The topological polar surface area (TPSA) is 58.3 Å². The van der Waals surface area contributed by atoms with Gasteiger partial charge in [-0.25, -0.2) is 9.97 Å². The van der Waals surface area contributed by atoms with Crippen LogP contribution in [0, 0.1) is 0 Å². The summed E-state index contributed by atoms with van der Waals surface area (Å²) in [6, 6.07) is 10.5. The Morgan fingerprint density at radius 3 is 2.76 bits per heavy atom. The molecule has 21 heavy (non-hydrogen) atoms. The fourth-order valence-corrected chi connectivity index (χ4v) is 2.75. The Kier molecular flexibility index (Phi) is 3.90. The quantitative estimate of drug-likeness (QED) is 0.933. The Balaban J connectivity index is 1.73. The first-order valence-corrected chi connectivity index (χ1v) is 7.35. The predicted octanol–water partition coefficient (Wildman–Crippen LogP) is 2.30. The standard InChI is InChI=1S/C16H21N5/c1-20(16-10-15(17)18-12-19-16)11-13-5-4-6-14(9-13)21-7-2-3-8-21/h4-6,9-10,12H,2-3,7-8,11H2,1H3,(H2,17,18,19). The van der Waals surface area contributed by atoms with Crippen LogP contribution in [0.4, 0.5) is 17.3 Å². The summed E-state index contributed by atoms with van der Waals surface area (Å²) in [6.45, 7) is 3.14. The Hall–Kier alpha value is -2.30. The molecule has 1 aromatic carbocycles. The van der Waals surface area contributed by atoms with Crippen LogP contribution < -0.4 is 15.5 Å². The molecule has 2 aromatic rings. The largest absolute Gasteiger partial charge is 0.384 e. The molecule has 0 bridgehead atoms. The zero-order valence-corrected chi connectivity index (χ0v) is 12.4. The molecule has 3 rings (SSSR count). The molecule has 0 amide bonds. The van der Waals surface area contributed by atoms with Crippen LogP contribution >= 0.6 is 0 Å². The fraction of sp³-hybridized carbons (Fsp3) is 0.375. The molecule has 1 aliphatic heterocycles. The Morgan fingerprint density at radius 1 is 1.19 bits per heavy atom. The molecule has 5 heteroatoms. The third-order valence-corrected chi connectivity index (χ3v) is 3.87. The Labute approximate surface area is 125 Å². The minimum absolute atomic E-state index is 0.498. The number of benzene rings is 1. The lowest BCUT2D eigenvalue weighted by molar-refractivity contribution is 0.888. The van der Waals surface area contributed by atoms with Gasteiger partial charge in [0.25, 0.3) is 0 Å². The van der Waals surface area contributed by atoms with Crippen LogP contribution in [-0.4, -0.2) is 30.1 Å². The highest BCUT2D eigenvalue weighted by Crippen LogP contribution is 2.22. The van der Waals surface area contributed by atoms with Crippen LogP contribution in [0.3, 0.4) is 0 Å². The van der Waals surface area contributed by atoms with Gasteiger partial charge in [0.1, 0.15) is 18.0 Å². The number of nitrogens with zero attached hydrogens (tertiary/aromatic N) is 4. The molecule has 1 aromatic heterocycles. The molecular formula is C16H21N5. The highest BCUT2D eigenvalue weighted by atomic mass is 15.2. The normalized spacial score (nSPS) is 14.4. The minimum Gasteiger partial charge on any atom is -0.384 e. The second-order valence-electron chi connectivity index (χ2n) is 5.52. The van der Waals surface area contributed by atoms with Gasteiger partial charge >= 0.3 is 0 Å². The van der Waals surface area contributed by atoms with E-state index in [1.54, 1.807) is 6.07 Å². The van der Waals surface area contributed by atoms with E-state index in [4.69, 9.17) is 5.73 Å². The summed E-state index contributed by atoms with van der Waals surface area (Å²) in [5.74, 6) is 1.34. The Morgan fingerprint density at radius 2 is 2.00 bits per heavy atom. The maximum atomic E-state index is 5.71. The van der Waals surface area contributed by atoms with E-state index in [1.807, 2.05) is 7.05 Å². The number of hydrogen-bond donors (Lipinski definition) is 1. The zero-order valence-electron chi connectivity index (χ0n) is 12.4. The summed E-state index contributed by atoms with van der Waals surface area (Å²) >= 11 is 0. The van der Waals surface area contributed by atoms with Crippen molar-refractivity contribution in [1.82, 2.24) is 9.97 Å². The van der Waals surface area contributed by atoms with Crippen molar-refractivity contribution >= 4 is 17.3 Å². The number of aromatic nitrogens is 2. The van der Waals surface area contributed by atoms with Crippen molar-refractivity contribution < 1.29 is 0 Å². The maximum absolute atomic E-state index is 5.71. The van der Waals surface area contributed by atoms with Crippen molar-refractivity contribution in [2.24, 2.45) is 0 Å². The van der Waals surface area contributed by atoms with Crippen molar-refractivity contribution in [1.29, 1.82) is 0 Å². The average Bonchev–Trinajstić information content (AvgIpc) is 3.02. The van der Waals surface area contributed by atoms with Gasteiger partial charge in [0.2, 0.25) is 0 Å². The van der Waals surface area contributed by atoms with Gasteiger partial charge in [-0.1, -0.05) is 12.1 Å². The van der Waals surface area contributed by atoms with Crippen molar-refractivity contribution in [3.05, 3.63) is 42.2 Å². The molecule has 0 atom stereocenters. The second-order valence-corrected chi connectivity index (χ2v) is 5.52. The smallest absolute Gasteiger partial charge is 0.134 e. The molecule has 0 aliphatic carbocycles. The minimum atomic E-state index is 0.498. The molecule has 0 radical (unpaired) electrons. The molecule has 0 spiro atoms. The molecular weight excluding hydrogens is 262 g/mol. The van der Waals surface area contributed by atoms with Crippen LogP contribution in [0.5, 0.6) is 0 Å². The molecule has 2 N–H and O–H groups in total. The predicted molar refractivity (Wildman–Crippen MR) is 86.4 cm³/mol. The van der Waals surface area contributed by atoms with Gasteiger partial charge in [-0.2, -0.15) is 0 Å². The lowest BCUT2D eigenvalue weighted by atomic mass is 10.2. The maximum Gasteiger partial charge on any atom is 0.134 e. The van der Waals surface area contributed by atoms with Gasteiger partial charge in [0, 0.05) is 38.4 Å². The van der Waals surface area contributed by atoms with Crippen LogP contribution in [0.1, 0.15) is 18.4 Å². The highest BCUT2D eigenvalue weighted by molar-refractivity contribution is 5.51. The summed E-state index contributed by atoms with van der Waals surface area (Å²) < 4.78 is 0. The van der Waals surface area contributed by atoms with E-state index in [9.17, 15) is 0 Å². The average molecular weight is 283 g/mol. The van der Waals surface area contributed by atoms with Crippen molar-refractivity contribution in [2.75, 3.05) is 35.7 Å². The number of hydrogen-bond acceptors (Lipinski definition) is 5. The number of nitrogens with two attached hydrogens (primary N) is 1. The summed E-state index contributed by atoms with van der Waals surface area (Å²) in [4.78, 5) is 12.7. The Bertz CT molecular complexity index is 607. The van der Waals surface area contributed by atoms with Crippen molar-refractivity contribution in [3.8, 4) is 0 Å². The van der Waals surface area contributed by atoms with Gasteiger partial charge in [0.15, 0.2) is 0 Å². The molecule has 1 fully saturated rings. The summed E-state index contributed by atoms with van der Waals surface area (Å²) in [6.07, 6.45) is 4.09. The zero-order chi connectivity index (χ0) is 14.7. The van der Waals surface area contributed by atoms with Crippen LogP contribution in [0.2, 0.25) is 0 Å². The lowest BCUT2D eigenvalue weighted by Crippen LogP contribution is -2.20. The number of nitrogen functional groups attached to an aromatic ring is 1. The van der Waals surface area contributed by atoms with Crippen LogP contribution in [0.15, 0.2) is 36.7 Å².